The van der Waals surface area contributed by atoms with E-state index in [0.29, 0.717) is 6.61 Å². The van der Waals surface area contributed by atoms with E-state index in [-0.39, 0.29) is 16.7 Å². The van der Waals surface area contributed by atoms with E-state index in [1.54, 1.807) is 0 Å². The minimum Gasteiger partial charge on any atom is -0.358 e. The second-order valence-corrected chi connectivity index (χ2v) is 8.62. The van der Waals surface area contributed by atoms with Crippen LogP contribution in [0.4, 0.5) is 0 Å². The molecule has 0 aromatic heterocycles. The van der Waals surface area contributed by atoms with Crippen molar-refractivity contribution in [2.45, 2.75) is 66.7 Å². The quantitative estimate of drug-likeness (QED) is 0.602. The fourth-order valence-corrected chi connectivity index (χ4v) is 4.24. The van der Waals surface area contributed by atoms with Gasteiger partial charge in [-0.3, -0.25) is 0 Å². The van der Waals surface area contributed by atoms with Crippen molar-refractivity contribution in [3.05, 3.63) is 9.93 Å². The van der Waals surface area contributed by atoms with E-state index in [1.165, 1.54) is 5.06 Å². The summed E-state index contributed by atoms with van der Waals surface area (Å²) in [4.78, 5) is 14.0. The Balaban J connectivity index is 0. The van der Waals surface area contributed by atoms with E-state index >= 15 is 0 Å². The van der Waals surface area contributed by atoms with Crippen LogP contribution >= 0.6 is 8.15 Å². The highest BCUT2D eigenvalue weighted by molar-refractivity contribution is 7.53. The van der Waals surface area contributed by atoms with Gasteiger partial charge in [0, 0.05) is 30.2 Å². The highest BCUT2D eigenvalue weighted by Crippen LogP contribution is 2.52. The molecular formula is C13H30NO4P. The smallest absolute Gasteiger partial charge is 0.0845 e. The molecule has 6 heteroatoms. The first kappa shape index (κ1) is 21.2. The maximum Gasteiger partial charge on any atom is 0.0845 e. The van der Waals surface area contributed by atoms with Crippen molar-refractivity contribution < 1.29 is 9.73 Å². The van der Waals surface area contributed by atoms with Gasteiger partial charge in [-0.1, -0.05) is 27.7 Å². The van der Waals surface area contributed by atoms with Crippen LogP contribution in [0.2, 0.25) is 0 Å². The van der Waals surface area contributed by atoms with Gasteiger partial charge in [-0.15, -0.1) is 0 Å². The Kier molecular flexibility index (Phi) is 10.0. The van der Waals surface area contributed by atoms with Crippen molar-refractivity contribution in [3.63, 3.8) is 0 Å². The van der Waals surface area contributed by atoms with Crippen molar-refractivity contribution in [3.8, 4) is 0 Å². The first-order valence-electron chi connectivity index (χ1n) is 6.60. The summed E-state index contributed by atoms with van der Waals surface area (Å²) in [5.74, 6) is 0.0578. The van der Waals surface area contributed by atoms with Crippen LogP contribution < -0.4 is 0 Å². The van der Waals surface area contributed by atoms with Crippen LogP contribution in [-0.2, 0) is 4.52 Å². The molecular weight excluding hydrogens is 265 g/mol. The third kappa shape index (κ3) is 7.31. The van der Waals surface area contributed by atoms with Gasteiger partial charge in [0.2, 0.25) is 0 Å². The zero-order chi connectivity index (χ0) is 15.9. The largest absolute Gasteiger partial charge is 0.358 e. The van der Waals surface area contributed by atoms with Gasteiger partial charge < -0.3 is 9.73 Å². The maximum absolute atomic E-state index is 10.5. The molecule has 0 fully saturated rings. The Hall–Kier alpha value is -0.0900. The molecule has 0 amide bonds. The Morgan fingerprint density at radius 1 is 1.11 bits per heavy atom. The number of rotatable bonds is 5. The Labute approximate surface area is 118 Å². The van der Waals surface area contributed by atoms with Crippen LogP contribution in [0.5, 0.6) is 0 Å². The molecule has 0 aromatic rings. The van der Waals surface area contributed by atoms with Crippen LogP contribution in [0, 0.1) is 15.3 Å². The molecule has 0 aliphatic heterocycles. The summed E-state index contributed by atoms with van der Waals surface area (Å²) in [7, 11) is -0.638. The SMILES string of the molecule is CCOP(CC)C(N(O)C(C)(C)C)C(C)(C)C.O=O. The van der Waals surface area contributed by atoms with Crippen LogP contribution in [0.1, 0.15) is 55.4 Å². The van der Waals surface area contributed by atoms with E-state index < -0.39 is 8.15 Å². The Morgan fingerprint density at radius 2 is 1.53 bits per heavy atom. The summed E-state index contributed by atoms with van der Waals surface area (Å²) in [6.07, 6.45) is 0.970. The van der Waals surface area contributed by atoms with Gasteiger partial charge >= 0.3 is 0 Å². The number of hydrogen-bond donors (Lipinski definition) is 1. The van der Waals surface area contributed by atoms with E-state index in [9.17, 15) is 5.21 Å². The molecule has 19 heavy (non-hydrogen) atoms. The van der Waals surface area contributed by atoms with Gasteiger partial charge in [0.25, 0.3) is 0 Å². The van der Waals surface area contributed by atoms with E-state index in [2.05, 4.69) is 27.7 Å². The van der Waals surface area contributed by atoms with Crippen LogP contribution in [-0.4, -0.2) is 34.4 Å². The van der Waals surface area contributed by atoms with Gasteiger partial charge in [-0.2, -0.15) is 5.06 Å². The second-order valence-electron chi connectivity index (χ2n) is 6.41. The molecule has 0 spiro atoms. The van der Waals surface area contributed by atoms with Crippen molar-refractivity contribution in [2.24, 2.45) is 5.41 Å². The van der Waals surface area contributed by atoms with E-state index in [4.69, 9.17) is 14.5 Å². The summed E-state index contributed by atoms with van der Waals surface area (Å²) in [5.41, 5.74) is -0.260. The van der Waals surface area contributed by atoms with Crippen molar-refractivity contribution in [1.29, 1.82) is 0 Å². The summed E-state index contributed by atoms with van der Waals surface area (Å²) in [6.45, 7) is 17.4. The van der Waals surface area contributed by atoms with Crippen molar-refractivity contribution in [1.82, 2.24) is 5.06 Å². The predicted molar refractivity (Wildman–Crippen MR) is 82.4 cm³/mol. The lowest BCUT2D eigenvalue weighted by molar-refractivity contribution is -0.186. The highest BCUT2D eigenvalue weighted by Gasteiger charge is 2.41. The monoisotopic (exact) mass is 295 g/mol. The van der Waals surface area contributed by atoms with E-state index in [1.807, 2.05) is 27.7 Å². The van der Waals surface area contributed by atoms with Gasteiger partial charge in [-0.25, -0.2) is 0 Å². The van der Waals surface area contributed by atoms with Crippen LogP contribution in [0.3, 0.4) is 0 Å². The molecule has 0 heterocycles. The van der Waals surface area contributed by atoms with Gasteiger partial charge in [-0.05, 0) is 39.3 Å². The molecule has 0 aromatic carbocycles. The van der Waals surface area contributed by atoms with Crippen molar-refractivity contribution in [2.75, 3.05) is 12.8 Å². The number of nitrogens with zero attached hydrogens (tertiary/aromatic N) is 1. The Morgan fingerprint density at radius 3 is 1.74 bits per heavy atom. The molecule has 0 saturated carbocycles. The zero-order valence-electron chi connectivity index (χ0n) is 13.6. The molecule has 2 unspecified atom stereocenters. The average molecular weight is 295 g/mol. The molecule has 2 atom stereocenters. The third-order valence-electron chi connectivity index (χ3n) is 2.57. The fourth-order valence-electron chi connectivity index (χ4n) is 1.79. The first-order valence-corrected chi connectivity index (χ1v) is 8.11. The first-order chi connectivity index (χ1) is 8.55. The third-order valence-corrected chi connectivity index (χ3v) is 5.33. The predicted octanol–water partition coefficient (Wildman–Crippen LogP) is 4.37. The molecule has 1 N–H and O–H groups in total. The molecule has 0 radical (unpaired) electrons. The zero-order valence-corrected chi connectivity index (χ0v) is 14.5. The van der Waals surface area contributed by atoms with Gasteiger partial charge in [0.15, 0.2) is 0 Å². The van der Waals surface area contributed by atoms with E-state index in [0.717, 1.165) is 6.16 Å². The number of hydrogen-bond acceptors (Lipinski definition) is 5. The van der Waals surface area contributed by atoms with Gasteiger partial charge in [0.1, 0.15) is 0 Å². The maximum atomic E-state index is 10.5. The normalized spacial score (nSPS) is 15.7. The molecule has 0 rings (SSSR count). The lowest BCUT2D eigenvalue weighted by Crippen LogP contribution is -2.50. The Bertz CT molecular complexity index is 238. The molecule has 0 aliphatic rings. The summed E-state index contributed by atoms with van der Waals surface area (Å²) in [6, 6.07) is 0. The summed E-state index contributed by atoms with van der Waals surface area (Å²) < 4.78 is 5.86. The summed E-state index contributed by atoms with van der Waals surface area (Å²) >= 11 is 0. The fraction of sp³-hybridized carbons (Fsp3) is 1.00. The molecule has 116 valence electrons. The van der Waals surface area contributed by atoms with Gasteiger partial charge in [0.05, 0.1) is 5.78 Å². The lowest BCUT2D eigenvalue weighted by atomic mass is 9.94. The minimum atomic E-state index is -0.638. The number of hydroxylamine groups is 2. The van der Waals surface area contributed by atoms with Crippen LogP contribution in [0.15, 0.2) is 0 Å². The molecule has 5 nitrogen and oxygen atoms in total. The highest BCUT2D eigenvalue weighted by atomic mass is 31.1. The second kappa shape index (κ2) is 8.96. The van der Waals surface area contributed by atoms with Crippen LogP contribution in [0.25, 0.3) is 0 Å². The molecule has 0 aliphatic carbocycles. The standard InChI is InChI=1S/C13H30NO2P.O2/c1-9-16-17(10-2)11(12(3,4)5)14(15)13(6,7)8;1-2/h11,15H,9-10H2,1-8H3;. The summed E-state index contributed by atoms with van der Waals surface area (Å²) in [5, 5.41) is 12.0. The minimum absolute atomic E-state index is 0.00108. The lowest BCUT2D eigenvalue weighted by Gasteiger charge is -2.46. The molecule has 0 saturated heterocycles. The average Bonchev–Trinajstić information content (AvgIpc) is 2.27. The molecule has 0 bridgehead atoms. The topological polar surface area (TPSA) is 66.8 Å². The van der Waals surface area contributed by atoms with Crippen molar-refractivity contribution >= 4 is 8.15 Å².